The fourth-order valence-corrected chi connectivity index (χ4v) is 3.74. The lowest BCUT2D eigenvalue weighted by atomic mass is 9.95. The molecular weight excluding hydrogens is 310 g/mol. The molecule has 25 heavy (non-hydrogen) atoms. The van der Waals surface area contributed by atoms with E-state index in [-0.39, 0.29) is 5.91 Å². The Labute approximate surface area is 148 Å². The number of piperidine rings is 1. The molecule has 128 valence electrons. The number of carbonyl (C=O) groups is 1. The van der Waals surface area contributed by atoms with Crippen LogP contribution in [0.15, 0.2) is 54.9 Å². The minimum Gasteiger partial charge on any atom is -0.339 e. The number of imidazole rings is 1. The maximum atomic E-state index is 12.7. The number of nitrogens with zero attached hydrogens (tertiary/aromatic N) is 3. The molecular formula is C21H23N3O. The second kappa shape index (κ2) is 6.71. The van der Waals surface area contributed by atoms with E-state index in [4.69, 9.17) is 0 Å². The highest BCUT2D eigenvalue weighted by Gasteiger charge is 2.24. The van der Waals surface area contributed by atoms with Gasteiger partial charge in [0.25, 0.3) is 5.91 Å². The first-order chi connectivity index (χ1) is 12.2. The van der Waals surface area contributed by atoms with Gasteiger partial charge in [-0.25, -0.2) is 4.98 Å². The Kier molecular flexibility index (Phi) is 4.26. The summed E-state index contributed by atoms with van der Waals surface area (Å²) in [6, 6.07) is 16.1. The molecule has 0 unspecified atom stereocenters. The number of amides is 1. The number of fused-ring (bicyclic) bond motifs is 1. The van der Waals surface area contributed by atoms with Gasteiger partial charge < -0.3 is 9.47 Å². The number of benzene rings is 2. The van der Waals surface area contributed by atoms with Crippen molar-refractivity contribution in [2.24, 2.45) is 5.92 Å². The number of hydrogen-bond donors (Lipinski definition) is 0. The van der Waals surface area contributed by atoms with Crippen LogP contribution in [0.3, 0.4) is 0 Å². The van der Waals surface area contributed by atoms with E-state index in [1.165, 1.54) is 5.52 Å². The maximum Gasteiger partial charge on any atom is 0.254 e. The molecule has 2 aromatic carbocycles. The summed E-state index contributed by atoms with van der Waals surface area (Å²) in [7, 11) is 0. The molecule has 4 heteroatoms. The van der Waals surface area contributed by atoms with Crippen LogP contribution in [-0.2, 0) is 6.54 Å². The van der Waals surface area contributed by atoms with Gasteiger partial charge in [-0.2, -0.15) is 0 Å². The van der Waals surface area contributed by atoms with Crippen LogP contribution in [0.2, 0.25) is 0 Å². The quantitative estimate of drug-likeness (QED) is 0.729. The molecule has 1 fully saturated rings. The van der Waals surface area contributed by atoms with E-state index < -0.39 is 0 Å². The van der Waals surface area contributed by atoms with Crippen LogP contribution in [0.4, 0.5) is 0 Å². The van der Waals surface area contributed by atoms with Crippen molar-refractivity contribution in [3.8, 4) is 0 Å². The molecule has 0 N–H and O–H groups in total. The molecule has 1 aliphatic rings. The lowest BCUT2D eigenvalue weighted by molar-refractivity contribution is 0.0682. The van der Waals surface area contributed by atoms with Crippen molar-refractivity contribution >= 4 is 16.9 Å². The minimum atomic E-state index is 0.171. The average Bonchev–Trinajstić information content (AvgIpc) is 3.05. The van der Waals surface area contributed by atoms with Gasteiger partial charge in [0.05, 0.1) is 17.4 Å². The number of para-hydroxylation sites is 2. The van der Waals surface area contributed by atoms with E-state index in [2.05, 4.69) is 27.8 Å². The number of carbonyl (C=O) groups excluding carboxylic acids is 1. The van der Waals surface area contributed by atoms with Gasteiger partial charge in [0.15, 0.2) is 0 Å². The van der Waals surface area contributed by atoms with Crippen molar-refractivity contribution in [2.45, 2.75) is 26.3 Å². The normalized spacial score (nSPS) is 15.6. The molecule has 0 saturated carbocycles. The van der Waals surface area contributed by atoms with Gasteiger partial charge in [-0.1, -0.05) is 30.3 Å². The first-order valence-electron chi connectivity index (χ1n) is 8.97. The first kappa shape index (κ1) is 15.9. The number of hydrogen-bond acceptors (Lipinski definition) is 2. The Balaban J connectivity index is 1.40. The van der Waals surface area contributed by atoms with Gasteiger partial charge in [-0.15, -0.1) is 0 Å². The third kappa shape index (κ3) is 3.16. The summed E-state index contributed by atoms with van der Waals surface area (Å²) in [4.78, 5) is 19.2. The van der Waals surface area contributed by atoms with Gasteiger partial charge in [0.1, 0.15) is 0 Å². The highest BCUT2D eigenvalue weighted by atomic mass is 16.2. The van der Waals surface area contributed by atoms with E-state index in [9.17, 15) is 4.79 Å². The molecule has 4 nitrogen and oxygen atoms in total. The SMILES string of the molecule is Cc1ccccc1C(=O)N1CCC(Cn2cnc3ccccc32)CC1. The topological polar surface area (TPSA) is 38.1 Å². The average molecular weight is 333 g/mol. The highest BCUT2D eigenvalue weighted by molar-refractivity contribution is 5.95. The smallest absolute Gasteiger partial charge is 0.254 e. The van der Waals surface area contributed by atoms with Crippen molar-refractivity contribution in [1.82, 2.24) is 14.5 Å². The molecule has 0 aliphatic carbocycles. The largest absolute Gasteiger partial charge is 0.339 e. The molecule has 3 aromatic rings. The van der Waals surface area contributed by atoms with E-state index in [1.54, 1.807) is 0 Å². The van der Waals surface area contributed by atoms with Crippen molar-refractivity contribution in [3.05, 3.63) is 66.0 Å². The monoisotopic (exact) mass is 333 g/mol. The third-order valence-corrected chi connectivity index (χ3v) is 5.26. The fourth-order valence-electron chi connectivity index (χ4n) is 3.74. The van der Waals surface area contributed by atoms with Crippen LogP contribution in [0.1, 0.15) is 28.8 Å². The Morgan fingerprint density at radius 3 is 2.60 bits per heavy atom. The van der Waals surface area contributed by atoms with E-state index in [0.29, 0.717) is 5.92 Å². The van der Waals surface area contributed by atoms with Gasteiger partial charge in [-0.3, -0.25) is 4.79 Å². The van der Waals surface area contributed by atoms with Gasteiger partial charge in [0.2, 0.25) is 0 Å². The lowest BCUT2D eigenvalue weighted by Crippen LogP contribution is -2.39. The lowest BCUT2D eigenvalue weighted by Gasteiger charge is -2.32. The number of likely N-dealkylation sites (tertiary alicyclic amines) is 1. The van der Waals surface area contributed by atoms with Crippen LogP contribution < -0.4 is 0 Å². The summed E-state index contributed by atoms with van der Waals surface area (Å²) in [6.07, 6.45) is 4.03. The summed E-state index contributed by atoms with van der Waals surface area (Å²) in [6.45, 7) is 4.66. The fraction of sp³-hybridized carbons (Fsp3) is 0.333. The first-order valence-corrected chi connectivity index (χ1v) is 8.97. The highest BCUT2D eigenvalue weighted by Crippen LogP contribution is 2.23. The Morgan fingerprint density at radius 1 is 1.08 bits per heavy atom. The van der Waals surface area contributed by atoms with Gasteiger partial charge in [-0.05, 0) is 49.4 Å². The predicted octanol–water partition coefficient (Wildman–Crippen LogP) is 3.90. The molecule has 1 saturated heterocycles. The zero-order chi connectivity index (χ0) is 17.2. The van der Waals surface area contributed by atoms with Crippen LogP contribution in [-0.4, -0.2) is 33.4 Å². The molecule has 4 rings (SSSR count). The zero-order valence-electron chi connectivity index (χ0n) is 14.6. The molecule has 1 aromatic heterocycles. The molecule has 0 atom stereocenters. The minimum absolute atomic E-state index is 0.171. The van der Waals surface area contributed by atoms with Crippen LogP contribution in [0, 0.1) is 12.8 Å². The Hall–Kier alpha value is -2.62. The van der Waals surface area contributed by atoms with Crippen molar-refractivity contribution < 1.29 is 4.79 Å². The van der Waals surface area contributed by atoms with Crippen LogP contribution in [0.5, 0.6) is 0 Å². The summed E-state index contributed by atoms with van der Waals surface area (Å²) < 4.78 is 2.25. The third-order valence-electron chi connectivity index (χ3n) is 5.26. The molecule has 0 bridgehead atoms. The second-order valence-corrected chi connectivity index (χ2v) is 6.94. The van der Waals surface area contributed by atoms with E-state index in [1.807, 2.05) is 48.5 Å². The van der Waals surface area contributed by atoms with Crippen molar-refractivity contribution in [1.29, 1.82) is 0 Å². The number of rotatable bonds is 3. The number of aromatic nitrogens is 2. The van der Waals surface area contributed by atoms with E-state index >= 15 is 0 Å². The van der Waals surface area contributed by atoms with E-state index in [0.717, 1.165) is 49.1 Å². The number of aryl methyl sites for hydroxylation is 1. The van der Waals surface area contributed by atoms with Crippen molar-refractivity contribution in [2.75, 3.05) is 13.1 Å². The second-order valence-electron chi connectivity index (χ2n) is 6.94. The maximum absolute atomic E-state index is 12.7. The van der Waals surface area contributed by atoms with Crippen LogP contribution >= 0.6 is 0 Å². The standard InChI is InChI=1S/C21H23N3O/c1-16-6-2-3-7-18(16)21(25)23-12-10-17(11-13-23)14-24-15-22-19-8-4-5-9-20(19)24/h2-9,15,17H,10-14H2,1H3. The Bertz CT molecular complexity index is 891. The van der Waals surface area contributed by atoms with Gasteiger partial charge >= 0.3 is 0 Å². The summed E-state index contributed by atoms with van der Waals surface area (Å²) in [5.41, 5.74) is 4.14. The summed E-state index contributed by atoms with van der Waals surface area (Å²) >= 11 is 0. The summed E-state index contributed by atoms with van der Waals surface area (Å²) in [5.74, 6) is 0.767. The predicted molar refractivity (Wildman–Crippen MR) is 99.5 cm³/mol. The summed E-state index contributed by atoms with van der Waals surface area (Å²) in [5, 5.41) is 0. The van der Waals surface area contributed by atoms with Crippen LogP contribution in [0.25, 0.3) is 11.0 Å². The molecule has 0 radical (unpaired) electrons. The molecule has 1 amide bonds. The zero-order valence-corrected chi connectivity index (χ0v) is 14.6. The molecule has 0 spiro atoms. The van der Waals surface area contributed by atoms with Crippen molar-refractivity contribution in [3.63, 3.8) is 0 Å². The Morgan fingerprint density at radius 2 is 1.80 bits per heavy atom. The van der Waals surface area contributed by atoms with Gasteiger partial charge in [0, 0.05) is 25.2 Å². The molecule has 1 aliphatic heterocycles. The molecule has 2 heterocycles.